The Kier molecular flexibility index (Phi) is 24.4. The molecule has 0 aromatic heterocycles. The molecule has 2 saturated carbocycles. The number of hydrogen-bond acceptors (Lipinski definition) is 14. The lowest BCUT2D eigenvalue weighted by atomic mass is 9.89. The molecule has 0 aromatic rings. The highest BCUT2D eigenvalue weighted by Gasteiger charge is 2.24. The largest absolute Gasteiger partial charge is 0.465 e. The van der Waals surface area contributed by atoms with Gasteiger partial charge in [-0.3, -0.25) is 19.2 Å². The van der Waals surface area contributed by atoms with Crippen molar-refractivity contribution in [1.82, 2.24) is 0 Å². The summed E-state index contributed by atoms with van der Waals surface area (Å²) in [5.41, 5.74) is 0. The summed E-state index contributed by atoms with van der Waals surface area (Å²) < 4.78 is 41.8. The Hall–Kier alpha value is -3.26. The van der Waals surface area contributed by atoms with Gasteiger partial charge < -0.3 is 37.9 Å². The maximum absolute atomic E-state index is 12.1. The zero-order valence-corrected chi connectivity index (χ0v) is 31.4. The molecule has 0 spiro atoms. The Morgan fingerprint density at radius 2 is 0.808 bits per heavy atom. The summed E-state index contributed by atoms with van der Waals surface area (Å²) in [6.45, 7) is 4.21. The fourth-order valence-electron chi connectivity index (χ4n) is 5.92. The van der Waals surface area contributed by atoms with E-state index < -0.39 is 36.1 Å². The van der Waals surface area contributed by atoms with Crippen LogP contribution in [0.3, 0.4) is 0 Å². The summed E-state index contributed by atoms with van der Waals surface area (Å²) in [6.07, 6.45) is 12.4. The SMILES string of the molecule is CC(OC(=O)CCCCCOC(=O)C1CCCCC1)C(=O)OCCOCCOCCOC(=O)C(C)OC(=O)CCCCCOC(=O)C1CCCCC1. The van der Waals surface area contributed by atoms with Gasteiger partial charge in [0.15, 0.2) is 12.2 Å². The Morgan fingerprint density at radius 3 is 1.19 bits per heavy atom. The third kappa shape index (κ3) is 21.3. The molecule has 0 N–H and O–H groups in total. The molecule has 0 saturated heterocycles. The van der Waals surface area contributed by atoms with Crippen LogP contribution in [0.25, 0.3) is 0 Å². The molecule has 2 atom stereocenters. The predicted octanol–water partition coefficient (Wildman–Crippen LogP) is 5.34. The first kappa shape index (κ1) is 44.9. The molecule has 0 aromatic carbocycles. The number of carbonyl (C=O) groups is 6. The molecule has 14 nitrogen and oxygen atoms in total. The first-order chi connectivity index (χ1) is 25.2. The lowest BCUT2D eigenvalue weighted by molar-refractivity contribution is -0.168. The predicted molar refractivity (Wildman–Crippen MR) is 187 cm³/mol. The number of carbonyl (C=O) groups excluding carboxylic acids is 6. The quantitative estimate of drug-likeness (QED) is 0.0599. The van der Waals surface area contributed by atoms with Crippen LogP contribution < -0.4 is 0 Å². The average Bonchev–Trinajstić information content (AvgIpc) is 3.15. The van der Waals surface area contributed by atoms with Crippen LogP contribution in [0, 0.1) is 11.8 Å². The molecule has 2 fully saturated rings. The first-order valence-corrected chi connectivity index (χ1v) is 19.4. The van der Waals surface area contributed by atoms with Crippen LogP contribution in [0.1, 0.15) is 129 Å². The molecule has 0 radical (unpaired) electrons. The highest BCUT2D eigenvalue weighted by atomic mass is 16.6. The summed E-state index contributed by atoms with van der Waals surface area (Å²) in [5.74, 6) is -2.49. The fourth-order valence-corrected chi connectivity index (χ4v) is 5.92. The number of rotatable bonds is 27. The van der Waals surface area contributed by atoms with E-state index in [4.69, 9.17) is 37.9 Å². The third-order valence-corrected chi connectivity index (χ3v) is 9.01. The molecule has 298 valence electrons. The molecule has 0 aliphatic heterocycles. The van der Waals surface area contributed by atoms with E-state index in [0.717, 1.165) is 51.4 Å². The minimum absolute atomic E-state index is 0.0235. The summed E-state index contributed by atoms with van der Waals surface area (Å²) in [7, 11) is 0. The minimum atomic E-state index is -1.04. The summed E-state index contributed by atoms with van der Waals surface area (Å²) in [5, 5.41) is 0. The van der Waals surface area contributed by atoms with Gasteiger partial charge in [0.1, 0.15) is 13.2 Å². The molecule has 52 heavy (non-hydrogen) atoms. The Labute approximate surface area is 308 Å². The van der Waals surface area contributed by atoms with Crippen LogP contribution in [-0.4, -0.2) is 101 Å². The topological polar surface area (TPSA) is 176 Å². The fraction of sp³-hybridized carbons (Fsp3) is 0.842. The molecule has 14 heteroatoms. The Morgan fingerprint density at radius 1 is 0.442 bits per heavy atom. The van der Waals surface area contributed by atoms with Crippen molar-refractivity contribution in [2.75, 3.05) is 52.9 Å². The highest BCUT2D eigenvalue weighted by Crippen LogP contribution is 2.25. The van der Waals surface area contributed by atoms with E-state index in [-0.39, 0.29) is 76.3 Å². The van der Waals surface area contributed by atoms with E-state index in [1.165, 1.54) is 26.7 Å². The first-order valence-electron chi connectivity index (χ1n) is 19.4. The zero-order chi connectivity index (χ0) is 37.8. The number of unbranched alkanes of at least 4 members (excludes halogenated alkanes) is 4. The van der Waals surface area contributed by atoms with Crippen molar-refractivity contribution < 1.29 is 66.7 Å². The molecule has 2 unspecified atom stereocenters. The molecule has 2 aliphatic rings. The molecule has 2 rings (SSSR count). The van der Waals surface area contributed by atoms with E-state index >= 15 is 0 Å². The van der Waals surface area contributed by atoms with Crippen molar-refractivity contribution in [2.24, 2.45) is 11.8 Å². The van der Waals surface area contributed by atoms with Crippen molar-refractivity contribution in [2.45, 2.75) is 142 Å². The summed E-state index contributed by atoms with van der Waals surface area (Å²) in [6, 6.07) is 0. The van der Waals surface area contributed by atoms with E-state index in [0.29, 0.717) is 51.7 Å². The highest BCUT2D eigenvalue weighted by molar-refractivity contribution is 5.79. The summed E-state index contributed by atoms with van der Waals surface area (Å²) >= 11 is 0. The number of esters is 6. The maximum Gasteiger partial charge on any atom is 0.347 e. The zero-order valence-electron chi connectivity index (χ0n) is 31.4. The number of hydrogen-bond donors (Lipinski definition) is 0. The van der Waals surface area contributed by atoms with Crippen molar-refractivity contribution >= 4 is 35.8 Å². The van der Waals surface area contributed by atoms with Crippen molar-refractivity contribution in [1.29, 1.82) is 0 Å². The summed E-state index contributed by atoms with van der Waals surface area (Å²) in [4.78, 5) is 72.3. The third-order valence-electron chi connectivity index (χ3n) is 9.01. The van der Waals surface area contributed by atoms with Crippen LogP contribution >= 0.6 is 0 Å². The van der Waals surface area contributed by atoms with Crippen molar-refractivity contribution in [3.63, 3.8) is 0 Å². The van der Waals surface area contributed by atoms with E-state index in [9.17, 15) is 28.8 Å². The second-order valence-electron chi connectivity index (χ2n) is 13.5. The molecule has 0 heterocycles. The van der Waals surface area contributed by atoms with Gasteiger partial charge in [-0.1, -0.05) is 38.5 Å². The lowest BCUT2D eigenvalue weighted by Gasteiger charge is -2.19. The van der Waals surface area contributed by atoms with Crippen LogP contribution in [0.2, 0.25) is 0 Å². The van der Waals surface area contributed by atoms with Gasteiger partial charge in [0.25, 0.3) is 0 Å². The van der Waals surface area contributed by atoms with E-state index in [1.807, 2.05) is 0 Å². The Balaban J connectivity index is 1.34. The van der Waals surface area contributed by atoms with Crippen LogP contribution in [-0.2, 0) is 66.7 Å². The molecule has 0 amide bonds. The van der Waals surface area contributed by atoms with Crippen molar-refractivity contribution in [3.05, 3.63) is 0 Å². The molecular formula is C38H62O14. The molecule has 0 bridgehead atoms. The molecule has 2 aliphatic carbocycles. The number of ether oxygens (including phenoxy) is 8. The van der Waals surface area contributed by atoms with E-state index in [1.54, 1.807) is 0 Å². The van der Waals surface area contributed by atoms with Gasteiger partial charge in [0.2, 0.25) is 0 Å². The van der Waals surface area contributed by atoms with Gasteiger partial charge >= 0.3 is 35.8 Å². The average molecular weight is 743 g/mol. The van der Waals surface area contributed by atoms with Gasteiger partial charge in [-0.25, -0.2) is 9.59 Å². The monoisotopic (exact) mass is 742 g/mol. The van der Waals surface area contributed by atoms with Gasteiger partial charge in [0.05, 0.1) is 51.5 Å². The second kappa shape index (κ2) is 28.3. The maximum atomic E-state index is 12.1. The lowest BCUT2D eigenvalue weighted by Crippen LogP contribution is -2.27. The molecular weight excluding hydrogens is 680 g/mol. The normalized spacial score (nSPS) is 16.3. The van der Waals surface area contributed by atoms with Crippen LogP contribution in [0.5, 0.6) is 0 Å². The van der Waals surface area contributed by atoms with Gasteiger partial charge in [-0.05, 0) is 78.1 Å². The smallest absolute Gasteiger partial charge is 0.347 e. The van der Waals surface area contributed by atoms with Gasteiger partial charge in [0, 0.05) is 12.8 Å². The standard InChI is InChI=1S/C38H62O14/c1-29(51-33(39)19-11-5-13-21-47-37(43)31-15-7-3-8-16-31)35(41)49-27-25-45-23-24-46-26-28-50-36(42)30(2)52-34(40)20-12-6-14-22-48-38(44)32-17-9-4-10-18-32/h29-32H,3-28H2,1-2H3. The Bertz CT molecular complexity index is 968. The van der Waals surface area contributed by atoms with Crippen LogP contribution in [0.4, 0.5) is 0 Å². The second-order valence-corrected chi connectivity index (χ2v) is 13.5. The van der Waals surface area contributed by atoms with E-state index in [2.05, 4.69) is 0 Å². The van der Waals surface area contributed by atoms with Gasteiger partial charge in [-0.2, -0.15) is 0 Å². The van der Waals surface area contributed by atoms with Crippen LogP contribution in [0.15, 0.2) is 0 Å². The van der Waals surface area contributed by atoms with Crippen molar-refractivity contribution in [3.8, 4) is 0 Å². The van der Waals surface area contributed by atoms with Gasteiger partial charge in [-0.15, -0.1) is 0 Å². The minimum Gasteiger partial charge on any atom is -0.465 e.